The fourth-order valence-electron chi connectivity index (χ4n) is 1.72. The number of carbonyl (C=O) groups excluding carboxylic acids is 1. The molecule has 0 radical (unpaired) electrons. The molecule has 0 saturated carbocycles. The molecule has 0 aliphatic rings. The molecule has 0 aliphatic heterocycles. The first-order chi connectivity index (χ1) is 10.5. The van der Waals surface area contributed by atoms with Crippen molar-refractivity contribution < 1.29 is 19.1 Å². The third-order valence-corrected chi connectivity index (χ3v) is 2.84. The lowest BCUT2D eigenvalue weighted by Crippen LogP contribution is -2.19. The summed E-state index contributed by atoms with van der Waals surface area (Å²) in [6, 6.07) is 11.7. The molecule has 0 fully saturated rings. The summed E-state index contributed by atoms with van der Waals surface area (Å²) in [5, 5.41) is 12.6. The highest BCUT2D eigenvalue weighted by atomic mass is 19.1. The van der Waals surface area contributed by atoms with Crippen LogP contribution in [-0.4, -0.2) is 23.2 Å². The number of carbonyl (C=O) groups is 2. The summed E-state index contributed by atoms with van der Waals surface area (Å²) in [6.07, 6.45) is 1.50. The maximum Gasteiger partial charge on any atom is 0.335 e. The molecule has 1 amide bonds. The fraction of sp³-hybridized carbons (Fsp3) is 0.0625. The van der Waals surface area contributed by atoms with Gasteiger partial charge in [-0.1, -0.05) is 24.3 Å². The Hall–Kier alpha value is -3.02. The van der Waals surface area contributed by atoms with E-state index in [1.807, 2.05) is 0 Å². The molecule has 112 valence electrons. The molecule has 0 bridgehead atoms. The molecule has 0 saturated heterocycles. The highest BCUT2D eigenvalue weighted by molar-refractivity contribution is 5.89. The zero-order valence-electron chi connectivity index (χ0n) is 11.5. The molecule has 2 rings (SSSR count). The van der Waals surface area contributed by atoms with Crippen LogP contribution in [0, 0.1) is 5.82 Å². The number of aromatic carboxylic acids is 1. The van der Waals surface area contributed by atoms with Gasteiger partial charge in [-0.05, 0) is 35.4 Å². The van der Waals surface area contributed by atoms with Crippen LogP contribution < -0.4 is 5.43 Å². The van der Waals surface area contributed by atoms with Crippen molar-refractivity contribution in [1.82, 2.24) is 5.43 Å². The summed E-state index contributed by atoms with van der Waals surface area (Å²) >= 11 is 0. The third kappa shape index (κ3) is 4.52. The largest absolute Gasteiger partial charge is 0.478 e. The number of amides is 1. The quantitative estimate of drug-likeness (QED) is 0.656. The maximum absolute atomic E-state index is 12.7. The van der Waals surface area contributed by atoms with Gasteiger partial charge in [0.25, 0.3) is 0 Å². The molecule has 2 aromatic carbocycles. The Morgan fingerprint density at radius 2 is 1.73 bits per heavy atom. The van der Waals surface area contributed by atoms with E-state index in [0.29, 0.717) is 11.1 Å². The fourth-order valence-corrected chi connectivity index (χ4v) is 1.72. The van der Waals surface area contributed by atoms with E-state index in [9.17, 15) is 14.0 Å². The average Bonchev–Trinajstić information content (AvgIpc) is 2.50. The SMILES string of the molecule is O=C(Cc1ccc(F)cc1)N/N=C\c1ccc(C(=O)O)cc1. The lowest BCUT2D eigenvalue weighted by atomic mass is 10.1. The number of hydrogen-bond acceptors (Lipinski definition) is 3. The molecule has 0 aliphatic carbocycles. The van der Waals surface area contributed by atoms with Crippen molar-refractivity contribution in [2.75, 3.05) is 0 Å². The molecule has 6 heteroatoms. The minimum absolute atomic E-state index is 0.0928. The number of rotatable bonds is 5. The first kappa shape index (κ1) is 15.4. The zero-order valence-corrected chi connectivity index (χ0v) is 11.5. The number of hydrogen-bond donors (Lipinski definition) is 2. The van der Waals surface area contributed by atoms with Crippen molar-refractivity contribution in [3.8, 4) is 0 Å². The molecule has 0 aromatic heterocycles. The van der Waals surface area contributed by atoms with Gasteiger partial charge in [0.15, 0.2) is 0 Å². The van der Waals surface area contributed by atoms with Crippen LogP contribution in [-0.2, 0) is 11.2 Å². The average molecular weight is 300 g/mol. The van der Waals surface area contributed by atoms with Crippen LogP contribution in [0.1, 0.15) is 21.5 Å². The van der Waals surface area contributed by atoms with Gasteiger partial charge in [-0.25, -0.2) is 14.6 Å². The second kappa shape index (κ2) is 7.12. The molecule has 0 heterocycles. The van der Waals surface area contributed by atoms with Crippen LogP contribution in [0.15, 0.2) is 53.6 Å². The van der Waals surface area contributed by atoms with Gasteiger partial charge in [-0.3, -0.25) is 4.79 Å². The monoisotopic (exact) mass is 300 g/mol. The van der Waals surface area contributed by atoms with Gasteiger partial charge in [-0.15, -0.1) is 0 Å². The van der Waals surface area contributed by atoms with E-state index in [0.717, 1.165) is 0 Å². The van der Waals surface area contributed by atoms with Gasteiger partial charge in [0.05, 0.1) is 18.2 Å². The molecule has 2 aromatic rings. The third-order valence-electron chi connectivity index (χ3n) is 2.84. The first-order valence-corrected chi connectivity index (χ1v) is 6.44. The first-order valence-electron chi connectivity index (χ1n) is 6.44. The van der Waals surface area contributed by atoms with E-state index in [-0.39, 0.29) is 23.7 Å². The van der Waals surface area contributed by atoms with Crippen LogP contribution in [0.2, 0.25) is 0 Å². The summed E-state index contributed by atoms with van der Waals surface area (Å²) < 4.78 is 12.7. The predicted octanol–water partition coefficient (Wildman–Crippen LogP) is 2.22. The predicted molar refractivity (Wildman–Crippen MR) is 79.2 cm³/mol. The highest BCUT2D eigenvalue weighted by Gasteiger charge is 2.03. The van der Waals surface area contributed by atoms with Crippen molar-refractivity contribution >= 4 is 18.1 Å². The van der Waals surface area contributed by atoms with Gasteiger partial charge < -0.3 is 5.11 Å². The van der Waals surface area contributed by atoms with Gasteiger partial charge in [-0.2, -0.15) is 5.10 Å². The van der Waals surface area contributed by atoms with Crippen molar-refractivity contribution in [1.29, 1.82) is 0 Å². The smallest absolute Gasteiger partial charge is 0.335 e. The van der Waals surface area contributed by atoms with Crippen molar-refractivity contribution in [2.24, 2.45) is 5.10 Å². The minimum Gasteiger partial charge on any atom is -0.478 e. The minimum atomic E-state index is -1.00. The van der Waals surface area contributed by atoms with Crippen molar-refractivity contribution in [3.05, 3.63) is 71.0 Å². The number of benzene rings is 2. The zero-order chi connectivity index (χ0) is 15.9. The van der Waals surface area contributed by atoms with Crippen LogP contribution >= 0.6 is 0 Å². The maximum atomic E-state index is 12.7. The molecule has 0 unspecified atom stereocenters. The molecule has 0 atom stereocenters. The number of nitrogens with one attached hydrogen (secondary N) is 1. The summed E-state index contributed by atoms with van der Waals surface area (Å²) in [7, 11) is 0. The lowest BCUT2D eigenvalue weighted by molar-refractivity contribution is -0.120. The normalized spacial score (nSPS) is 10.6. The molecular formula is C16H13FN2O3. The van der Waals surface area contributed by atoms with E-state index < -0.39 is 5.97 Å². The van der Waals surface area contributed by atoms with Gasteiger partial charge in [0.1, 0.15) is 5.82 Å². The van der Waals surface area contributed by atoms with Gasteiger partial charge in [0.2, 0.25) is 5.91 Å². The Morgan fingerprint density at radius 1 is 1.09 bits per heavy atom. The van der Waals surface area contributed by atoms with Gasteiger partial charge in [0, 0.05) is 0 Å². The lowest BCUT2D eigenvalue weighted by Gasteiger charge is -2.00. The topological polar surface area (TPSA) is 78.8 Å². The van der Waals surface area contributed by atoms with E-state index in [2.05, 4.69) is 10.5 Å². The van der Waals surface area contributed by atoms with Crippen molar-refractivity contribution in [2.45, 2.75) is 6.42 Å². The second-order valence-electron chi connectivity index (χ2n) is 4.52. The van der Waals surface area contributed by atoms with Crippen LogP contribution in [0.25, 0.3) is 0 Å². The van der Waals surface area contributed by atoms with Gasteiger partial charge >= 0.3 is 5.97 Å². The Labute approximate surface area is 126 Å². The van der Waals surface area contributed by atoms with E-state index in [1.165, 1.54) is 42.6 Å². The number of hydrazone groups is 1. The number of carboxylic acid groups (broad SMARTS) is 1. The van der Waals surface area contributed by atoms with E-state index in [1.54, 1.807) is 12.1 Å². The van der Waals surface area contributed by atoms with E-state index in [4.69, 9.17) is 5.11 Å². The van der Waals surface area contributed by atoms with E-state index >= 15 is 0 Å². The number of nitrogens with zero attached hydrogens (tertiary/aromatic N) is 1. The standard InChI is InChI=1S/C16H13FN2O3/c17-14-7-3-11(4-8-14)9-15(20)19-18-10-12-1-5-13(6-2-12)16(21)22/h1-8,10H,9H2,(H,19,20)(H,21,22)/b18-10-. The summed E-state index contributed by atoms with van der Waals surface area (Å²) in [6.45, 7) is 0. The molecule has 2 N–H and O–H groups in total. The molecule has 0 spiro atoms. The van der Waals surface area contributed by atoms with Crippen molar-refractivity contribution in [3.63, 3.8) is 0 Å². The summed E-state index contributed by atoms with van der Waals surface area (Å²) in [5.41, 5.74) is 3.87. The summed E-state index contributed by atoms with van der Waals surface area (Å²) in [4.78, 5) is 22.3. The Morgan fingerprint density at radius 3 is 2.32 bits per heavy atom. The molecule has 5 nitrogen and oxygen atoms in total. The van der Waals surface area contributed by atoms with Crippen LogP contribution in [0.5, 0.6) is 0 Å². The second-order valence-corrected chi connectivity index (χ2v) is 4.52. The number of carboxylic acids is 1. The highest BCUT2D eigenvalue weighted by Crippen LogP contribution is 2.04. The number of halogens is 1. The molecule has 22 heavy (non-hydrogen) atoms. The summed E-state index contributed by atoms with van der Waals surface area (Å²) in [5.74, 6) is -1.69. The Kier molecular flexibility index (Phi) is 4.98. The van der Waals surface area contributed by atoms with Crippen LogP contribution in [0.3, 0.4) is 0 Å². The Balaban J connectivity index is 1.87. The molecular weight excluding hydrogens is 287 g/mol. The Bertz CT molecular complexity index is 694. The van der Waals surface area contributed by atoms with Crippen LogP contribution in [0.4, 0.5) is 4.39 Å².